The van der Waals surface area contributed by atoms with E-state index >= 15 is 0 Å². The van der Waals surface area contributed by atoms with Crippen LogP contribution in [-0.2, 0) is 4.79 Å². The minimum Gasteiger partial charge on any atom is -0.392 e. The van der Waals surface area contributed by atoms with Crippen molar-refractivity contribution in [2.75, 3.05) is 18.9 Å². The van der Waals surface area contributed by atoms with Gasteiger partial charge < -0.3 is 10.4 Å². The predicted octanol–water partition coefficient (Wildman–Crippen LogP) is 2.51. The number of hydrogen-bond acceptors (Lipinski definition) is 3. The number of halogens is 2. The Labute approximate surface area is 128 Å². The fourth-order valence-electron chi connectivity index (χ4n) is 2.11. The molecule has 1 aliphatic rings. The second kappa shape index (κ2) is 6.73. The van der Waals surface area contributed by atoms with Gasteiger partial charge in [0.05, 0.1) is 22.9 Å². The molecule has 1 saturated carbocycles. The zero-order chi connectivity index (χ0) is 15.6. The van der Waals surface area contributed by atoms with Crippen LogP contribution in [0.1, 0.15) is 19.8 Å². The molecule has 0 radical (unpaired) electrons. The van der Waals surface area contributed by atoms with Crippen molar-refractivity contribution in [1.82, 2.24) is 4.90 Å². The van der Waals surface area contributed by atoms with Crippen molar-refractivity contribution in [3.05, 3.63) is 29.0 Å². The Morgan fingerprint density at radius 1 is 1.57 bits per heavy atom. The smallest absolute Gasteiger partial charge is 0.241 e. The Morgan fingerprint density at radius 3 is 2.81 bits per heavy atom. The van der Waals surface area contributed by atoms with Gasteiger partial charge in [0, 0.05) is 6.54 Å². The van der Waals surface area contributed by atoms with Crippen LogP contribution in [0, 0.1) is 11.7 Å². The molecule has 1 aromatic carbocycles. The molecule has 2 N–H and O–H groups in total. The maximum absolute atomic E-state index is 13.0. The standard InChI is InChI=1S/C15H20ClFN2O2/c1-9(19(2)8-14(20)10-3-4-10)15(21)18-13-6-5-11(17)7-12(13)16/h5-7,9-10,14,20H,3-4,8H2,1-2H3,(H,18,21). The first kappa shape index (κ1) is 16.2. The van der Waals surface area contributed by atoms with E-state index in [4.69, 9.17) is 11.6 Å². The summed E-state index contributed by atoms with van der Waals surface area (Å²) in [4.78, 5) is 14.0. The molecule has 0 aliphatic heterocycles. The third kappa shape index (κ3) is 4.40. The van der Waals surface area contributed by atoms with Crippen molar-refractivity contribution in [1.29, 1.82) is 0 Å². The summed E-state index contributed by atoms with van der Waals surface area (Å²) < 4.78 is 13.0. The van der Waals surface area contributed by atoms with E-state index in [1.54, 1.807) is 18.9 Å². The van der Waals surface area contributed by atoms with E-state index in [9.17, 15) is 14.3 Å². The summed E-state index contributed by atoms with van der Waals surface area (Å²) >= 11 is 5.88. The van der Waals surface area contributed by atoms with Crippen molar-refractivity contribution >= 4 is 23.2 Å². The summed E-state index contributed by atoms with van der Waals surface area (Å²) in [6.45, 7) is 2.21. The van der Waals surface area contributed by atoms with Crippen LogP contribution in [0.5, 0.6) is 0 Å². The molecule has 0 aromatic heterocycles. The lowest BCUT2D eigenvalue weighted by Gasteiger charge is -2.26. The van der Waals surface area contributed by atoms with E-state index < -0.39 is 11.9 Å². The van der Waals surface area contributed by atoms with Crippen LogP contribution in [0.4, 0.5) is 10.1 Å². The van der Waals surface area contributed by atoms with Crippen LogP contribution in [0.2, 0.25) is 5.02 Å². The molecule has 1 fully saturated rings. The number of aliphatic hydroxyl groups excluding tert-OH is 1. The molecule has 1 aliphatic carbocycles. The van der Waals surface area contributed by atoms with Gasteiger partial charge in [0.25, 0.3) is 0 Å². The van der Waals surface area contributed by atoms with E-state index in [-0.39, 0.29) is 17.0 Å². The molecule has 0 saturated heterocycles. The second-order valence-corrected chi connectivity index (χ2v) is 6.04. The molecule has 6 heteroatoms. The average Bonchev–Trinajstić information content (AvgIpc) is 3.25. The fourth-order valence-corrected chi connectivity index (χ4v) is 2.33. The molecule has 1 amide bonds. The molecule has 0 heterocycles. The van der Waals surface area contributed by atoms with Crippen molar-refractivity contribution < 1.29 is 14.3 Å². The number of benzene rings is 1. The Kier molecular flexibility index (Phi) is 5.19. The Bertz CT molecular complexity index is 522. The molecule has 2 atom stereocenters. The Morgan fingerprint density at radius 2 is 2.24 bits per heavy atom. The highest BCUT2D eigenvalue weighted by Gasteiger charge is 2.31. The largest absolute Gasteiger partial charge is 0.392 e. The van der Waals surface area contributed by atoms with Crippen LogP contribution < -0.4 is 5.32 Å². The average molecular weight is 315 g/mol. The SMILES string of the molecule is CC(C(=O)Nc1ccc(F)cc1Cl)N(C)CC(O)C1CC1. The lowest BCUT2D eigenvalue weighted by Crippen LogP contribution is -2.43. The van der Waals surface area contributed by atoms with Crippen LogP contribution >= 0.6 is 11.6 Å². The summed E-state index contributed by atoms with van der Waals surface area (Å²) in [5, 5.41) is 12.8. The van der Waals surface area contributed by atoms with Crippen molar-refractivity contribution in [3.8, 4) is 0 Å². The van der Waals surface area contributed by atoms with Crippen molar-refractivity contribution in [3.63, 3.8) is 0 Å². The zero-order valence-electron chi connectivity index (χ0n) is 12.1. The summed E-state index contributed by atoms with van der Waals surface area (Å²) in [5.74, 6) is -0.320. The number of hydrogen-bond donors (Lipinski definition) is 2. The predicted molar refractivity (Wildman–Crippen MR) is 80.9 cm³/mol. The maximum atomic E-state index is 13.0. The Hall–Kier alpha value is -1.17. The molecule has 2 unspecified atom stereocenters. The summed E-state index contributed by atoms with van der Waals surface area (Å²) in [7, 11) is 1.79. The van der Waals surface area contributed by atoms with E-state index in [1.807, 2.05) is 0 Å². The first-order chi connectivity index (χ1) is 9.88. The number of carbonyl (C=O) groups is 1. The molecule has 116 valence electrons. The fraction of sp³-hybridized carbons (Fsp3) is 0.533. The molecular formula is C15H20ClFN2O2. The first-order valence-corrected chi connectivity index (χ1v) is 7.40. The number of likely N-dealkylation sites (N-methyl/N-ethyl adjacent to an activating group) is 1. The molecule has 4 nitrogen and oxygen atoms in total. The highest BCUT2D eigenvalue weighted by molar-refractivity contribution is 6.33. The molecule has 2 rings (SSSR count). The number of aliphatic hydroxyl groups is 1. The number of amides is 1. The lowest BCUT2D eigenvalue weighted by atomic mass is 10.2. The highest BCUT2D eigenvalue weighted by atomic mass is 35.5. The van der Waals surface area contributed by atoms with Gasteiger partial charge in [0.15, 0.2) is 0 Å². The quantitative estimate of drug-likeness (QED) is 0.848. The first-order valence-electron chi connectivity index (χ1n) is 7.02. The minimum atomic E-state index is -0.448. The van der Waals surface area contributed by atoms with Gasteiger partial charge in [-0.15, -0.1) is 0 Å². The van der Waals surface area contributed by atoms with Gasteiger partial charge in [0.1, 0.15) is 5.82 Å². The monoisotopic (exact) mass is 314 g/mol. The van der Waals surface area contributed by atoms with Gasteiger partial charge in [-0.05, 0) is 50.9 Å². The molecule has 1 aromatic rings. The normalized spacial score (nSPS) is 17.6. The van der Waals surface area contributed by atoms with E-state index in [1.165, 1.54) is 12.1 Å². The third-order valence-electron chi connectivity index (χ3n) is 3.87. The van der Waals surface area contributed by atoms with Crippen LogP contribution in [0.15, 0.2) is 18.2 Å². The van der Waals surface area contributed by atoms with Gasteiger partial charge in [-0.1, -0.05) is 11.6 Å². The van der Waals surface area contributed by atoms with Gasteiger partial charge in [-0.2, -0.15) is 0 Å². The number of carbonyl (C=O) groups excluding carboxylic acids is 1. The maximum Gasteiger partial charge on any atom is 0.241 e. The van der Waals surface area contributed by atoms with Crippen LogP contribution in [-0.4, -0.2) is 41.7 Å². The Balaban J connectivity index is 1.91. The zero-order valence-corrected chi connectivity index (χ0v) is 12.9. The van der Waals surface area contributed by atoms with Gasteiger partial charge in [0.2, 0.25) is 5.91 Å². The highest BCUT2D eigenvalue weighted by Crippen LogP contribution is 2.33. The van der Waals surface area contributed by atoms with Crippen molar-refractivity contribution in [2.24, 2.45) is 5.92 Å². The summed E-state index contributed by atoms with van der Waals surface area (Å²) in [6, 6.07) is 3.41. The molecule has 0 bridgehead atoms. The number of rotatable bonds is 6. The van der Waals surface area contributed by atoms with Gasteiger partial charge >= 0.3 is 0 Å². The van der Waals surface area contributed by atoms with Gasteiger partial charge in [-0.3, -0.25) is 9.69 Å². The van der Waals surface area contributed by atoms with Crippen LogP contribution in [0.3, 0.4) is 0 Å². The summed E-state index contributed by atoms with van der Waals surface area (Å²) in [5.41, 5.74) is 0.381. The molecular weight excluding hydrogens is 295 g/mol. The number of nitrogens with zero attached hydrogens (tertiary/aromatic N) is 1. The number of nitrogens with one attached hydrogen (secondary N) is 1. The van der Waals surface area contributed by atoms with Crippen molar-refractivity contribution in [2.45, 2.75) is 31.9 Å². The topological polar surface area (TPSA) is 52.6 Å². The van der Waals surface area contributed by atoms with E-state index in [0.717, 1.165) is 18.9 Å². The summed E-state index contributed by atoms with van der Waals surface area (Å²) in [6.07, 6.45) is 1.72. The third-order valence-corrected chi connectivity index (χ3v) is 4.18. The van der Waals surface area contributed by atoms with E-state index in [2.05, 4.69) is 5.32 Å². The number of anilines is 1. The molecule has 0 spiro atoms. The molecule has 21 heavy (non-hydrogen) atoms. The second-order valence-electron chi connectivity index (χ2n) is 5.63. The lowest BCUT2D eigenvalue weighted by molar-refractivity contribution is -0.120. The minimum absolute atomic E-state index is 0.163. The van der Waals surface area contributed by atoms with Crippen LogP contribution in [0.25, 0.3) is 0 Å². The van der Waals surface area contributed by atoms with Gasteiger partial charge in [-0.25, -0.2) is 4.39 Å². The van der Waals surface area contributed by atoms with E-state index in [0.29, 0.717) is 18.2 Å².